The summed E-state index contributed by atoms with van der Waals surface area (Å²) in [5, 5.41) is 3.45. The van der Waals surface area contributed by atoms with Gasteiger partial charge in [0.25, 0.3) is 15.2 Å². The summed E-state index contributed by atoms with van der Waals surface area (Å²) in [6.45, 7) is 15.9. The third-order valence-corrected chi connectivity index (χ3v) is 4.75. The van der Waals surface area contributed by atoms with Crippen LogP contribution in [0.4, 0.5) is 4.79 Å². The summed E-state index contributed by atoms with van der Waals surface area (Å²) in [5.74, 6) is 0. The van der Waals surface area contributed by atoms with Gasteiger partial charge in [0.05, 0.1) is 0 Å². The molecule has 0 aliphatic rings. The number of aromatic nitrogens is 3. The van der Waals surface area contributed by atoms with Gasteiger partial charge in [-0.3, -0.25) is 0 Å². The first kappa shape index (κ1) is 20.0. The Morgan fingerprint density at radius 1 is 1.17 bits per heavy atom. The third-order valence-electron chi connectivity index (χ3n) is 3.16. The van der Waals surface area contributed by atoms with Crippen LogP contribution in [-0.2, 0) is 10.0 Å². The molecule has 0 N–H and O–H groups in total. The Kier molecular flexibility index (Phi) is 6.85. The van der Waals surface area contributed by atoms with Gasteiger partial charge in [-0.1, -0.05) is 24.3 Å². The lowest BCUT2D eigenvalue weighted by Gasteiger charge is -2.20. The Hall–Kier alpha value is -2.00. The monoisotopic (exact) mass is 355 g/mol. The van der Waals surface area contributed by atoms with Crippen LogP contribution in [0.5, 0.6) is 0 Å². The van der Waals surface area contributed by atoms with E-state index in [1.54, 1.807) is 13.8 Å². The van der Waals surface area contributed by atoms with E-state index in [0.717, 1.165) is 11.0 Å². The van der Waals surface area contributed by atoms with E-state index in [9.17, 15) is 13.2 Å². The second-order valence-electron chi connectivity index (χ2n) is 5.61. The fourth-order valence-electron chi connectivity index (χ4n) is 2.04. The van der Waals surface area contributed by atoms with Crippen molar-refractivity contribution in [3.63, 3.8) is 0 Å². The van der Waals surface area contributed by atoms with E-state index in [-0.39, 0.29) is 13.1 Å². The second-order valence-corrected chi connectivity index (χ2v) is 7.45. The van der Waals surface area contributed by atoms with E-state index >= 15 is 0 Å². The van der Waals surface area contributed by atoms with Crippen molar-refractivity contribution in [3.05, 3.63) is 30.6 Å². The molecule has 0 atom stereocenters. The summed E-state index contributed by atoms with van der Waals surface area (Å²) in [5.41, 5.74) is 1.36. The van der Waals surface area contributed by atoms with Crippen LogP contribution in [0.3, 0.4) is 0 Å². The summed E-state index contributed by atoms with van der Waals surface area (Å²) >= 11 is 0. The van der Waals surface area contributed by atoms with Crippen LogP contribution in [0.25, 0.3) is 0 Å². The molecular weight excluding hydrogens is 330 g/mol. The summed E-state index contributed by atoms with van der Waals surface area (Å²) < 4.78 is 27.6. The molecule has 0 fully saturated rings. The highest BCUT2D eigenvalue weighted by molar-refractivity contribution is 7.89. The number of amides is 1. The van der Waals surface area contributed by atoms with Gasteiger partial charge in [-0.15, -0.1) is 5.10 Å². The lowest BCUT2D eigenvalue weighted by molar-refractivity contribution is 0.201. The number of carbonyl (C=O) groups excluding carboxylic acids is 1. The molecule has 24 heavy (non-hydrogen) atoms. The molecule has 1 amide bonds. The molecule has 0 radical (unpaired) electrons. The van der Waals surface area contributed by atoms with Gasteiger partial charge in [0.2, 0.25) is 0 Å². The Bertz CT molecular complexity index is 703. The van der Waals surface area contributed by atoms with Crippen molar-refractivity contribution in [1.29, 1.82) is 0 Å². The van der Waals surface area contributed by atoms with E-state index in [1.807, 2.05) is 13.8 Å². The minimum absolute atomic E-state index is 0.133. The smallest absolute Gasteiger partial charge is 0.323 e. The maximum absolute atomic E-state index is 12.7. The number of hydrogen-bond acceptors (Lipinski definition) is 5. The molecule has 0 unspecified atom stereocenters. The van der Waals surface area contributed by atoms with Crippen molar-refractivity contribution in [3.8, 4) is 0 Å². The fourth-order valence-corrected chi connectivity index (χ4v) is 3.42. The van der Waals surface area contributed by atoms with E-state index in [2.05, 4.69) is 23.2 Å². The zero-order valence-corrected chi connectivity index (χ0v) is 15.5. The third kappa shape index (κ3) is 4.75. The van der Waals surface area contributed by atoms with Crippen LogP contribution in [0.15, 0.2) is 35.8 Å². The molecule has 1 rings (SSSR count). The van der Waals surface area contributed by atoms with Crippen LogP contribution in [-0.4, -0.2) is 64.6 Å². The highest BCUT2D eigenvalue weighted by atomic mass is 32.2. The van der Waals surface area contributed by atoms with Crippen molar-refractivity contribution in [2.75, 3.05) is 26.2 Å². The van der Waals surface area contributed by atoms with Crippen molar-refractivity contribution in [2.24, 2.45) is 0 Å². The number of rotatable bonds is 8. The zero-order valence-electron chi connectivity index (χ0n) is 14.7. The average molecular weight is 355 g/mol. The van der Waals surface area contributed by atoms with Crippen LogP contribution < -0.4 is 0 Å². The molecule has 0 saturated heterocycles. The fraction of sp³-hybridized carbons (Fsp3) is 0.533. The van der Waals surface area contributed by atoms with Crippen molar-refractivity contribution >= 4 is 16.1 Å². The summed E-state index contributed by atoms with van der Waals surface area (Å²) in [6, 6.07) is -0.416. The van der Waals surface area contributed by atoms with Gasteiger partial charge in [0.1, 0.15) is 6.33 Å². The van der Waals surface area contributed by atoms with Crippen molar-refractivity contribution in [1.82, 2.24) is 24.0 Å². The zero-order chi connectivity index (χ0) is 18.5. The topological polar surface area (TPSA) is 88.4 Å². The molecule has 8 nitrogen and oxygen atoms in total. The Balaban J connectivity index is 3.16. The largest absolute Gasteiger partial charge is 0.346 e. The van der Waals surface area contributed by atoms with E-state index in [4.69, 9.17) is 0 Å². The molecule has 9 heteroatoms. The molecule has 0 aliphatic carbocycles. The highest BCUT2D eigenvalue weighted by Crippen LogP contribution is 2.14. The van der Waals surface area contributed by atoms with Crippen LogP contribution >= 0.6 is 0 Å². The Morgan fingerprint density at radius 2 is 1.67 bits per heavy atom. The molecule has 0 aromatic carbocycles. The van der Waals surface area contributed by atoms with Crippen molar-refractivity contribution in [2.45, 2.75) is 32.9 Å². The first-order valence-corrected chi connectivity index (χ1v) is 9.07. The van der Waals surface area contributed by atoms with Gasteiger partial charge >= 0.3 is 6.03 Å². The summed E-state index contributed by atoms with van der Waals surface area (Å²) in [6.07, 6.45) is 1.12. The van der Waals surface area contributed by atoms with Gasteiger partial charge in [-0.2, -0.15) is 8.99 Å². The van der Waals surface area contributed by atoms with E-state index in [0.29, 0.717) is 24.2 Å². The highest BCUT2D eigenvalue weighted by Gasteiger charge is 2.29. The lowest BCUT2D eigenvalue weighted by atomic mass is 10.3. The van der Waals surface area contributed by atoms with Gasteiger partial charge in [0.15, 0.2) is 0 Å². The molecule has 0 saturated carbocycles. The molecule has 0 aliphatic heterocycles. The average Bonchev–Trinajstić information content (AvgIpc) is 2.97. The molecule has 0 bridgehead atoms. The predicted octanol–water partition coefficient (Wildman–Crippen LogP) is 1.73. The minimum atomic E-state index is -3.95. The van der Waals surface area contributed by atoms with Crippen LogP contribution in [0.1, 0.15) is 27.7 Å². The van der Waals surface area contributed by atoms with Gasteiger partial charge in [-0.05, 0) is 27.7 Å². The molecule has 134 valence electrons. The van der Waals surface area contributed by atoms with E-state index < -0.39 is 21.2 Å². The second kappa shape index (κ2) is 8.20. The van der Waals surface area contributed by atoms with Crippen LogP contribution in [0, 0.1) is 0 Å². The molecule has 0 spiro atoms. The normalized spacial score (nSPS) is 11.5. The minimum Gasteiger partial charge on any atom is -0.323 e. The maximum Gasteiger partial charge on any atom is 0.346 e. The number of sulfonamides is 1. The molecule has 1 heterocycles. The predicted molar refractivity (Wildman–Crippen MR) is 92.1 cm³/mol. The summed E-state index contributed by atoms with van der Waals surface area (Å²) in [7, 11) is -3.95. The lowest BCUT2D eigenvalue weighted by Crippen LogP contribution is -2.36. The number of hydrogen-bond donors (Lipinski definition) is 0. The maximum atomic E-state index is 12.7. The number of carbonyl (C=O) groups is 1. The quantitative estimate of drug-likeness (QED) is 0.663. The summed E-state index contributed by atoms with van der Waals surface area (Å²) in [4.78, 5) is 17.6. The van der Waals surface area contributed by atoms with Crippen molar-refractivity contribution < 1.29 is 13.2 Å². The van der Waals surface area contributed by atoms with Gasteiger partial charge < -0.3 is 4.90 Å². The first-order valence-electron chi connectivity index (χ1n) is 7.63. The molecular formula is C15H25N5O3S. The Morgan fingerprint density at radius 3 is 2.08 bits per heavy atom. The molecule has 1 aromatic rings. The molecule has 1 aromatic heterocycles. The first-order chi connectivity index (χ1) is 11.1. The SMILES string of the molecule is C=C(C)CN(CC(=C)C)S(=O)(=O)c1ncn(C(=O)N(CC)CC)n1. The van der Waals surface area contributed by atoms with Crippen LogP contribution in [0.2, 0.25) is 0 Å². The Labute approximate surface area is 143 Å². The standard InChI is InChI=1S/C15H25N5O3S/c1-7-18(8-2)15(21)20-11-16-14(17-20)24(22,23)19(9-12(3)4)10-13(5)6/h11H,3,5,7-10H2,1-2,4,6H3. The van der Waals surface area contributed by atoms with E-state index in [1.165, 1.54) is 9.21 Å². The van der Waals surface area contributed by atoms with Gasteiger partial charge in [0, 0.05) is 26.2 Å². The van der Waals surface area contributed by atoms with Gasteiger partial charge in [-0.25, -0.2) is 18.2 Å². The number of nitrogens with zero attached hydrogens (tertiary/aromatic N) is 5.